The molecule has 1 N–H and O–H groups in total. The number of anilines is 2. The van der Waals surface area contributed by atoms with Crippen LogP contribution in [0.4, 0.5) is 11.4 Å². The Labute approximate surface area is 148 Å². The molecule has 0 saturated carbocycles. The largest absolute Gasteiger partial charge is 0.377 e. The highest BCUT2D eigenvalue weighted by Gasteiger charge is 2.14. The molecule has 1 aromatic heterocycles. The summed E-state index contributed by atoms with van der Waals surface area (Å²) >= 11 is 0. The first-order chi connectivity index (χ1) is 12.1. The van der Waals surface area contributed by atoms with Crippen LogP contribution in [0.25, 0.3) is 0 Å². The van der Waals surface area contributed by atoms with Crippen LogP contribution in [0.1, 0.15) is 28.9 Å². The second-order valence-electron chi connectivity index (χ2n) is 5.94. The minimum atomic E-state index is -0.0882. The molecule has 3 aromatic rings. The summed E-state index contributed by atoms with van der Waals surface area (Å²) in [6.45, 7) is 2.08. The predicted molar refractivity (Wildman–Crippen MR) is 102 cm³/mol. The maximum Gasteiger partial charge on any atom is 0.259 e. The summed E-state index contributed by atoms with van der Waals surface area (Å²) in [5.74, 6) is -0.0882. The van der Waals surface area contributed by atoms with Gasteiger partial charge in [0.05, 0.1) is 11.3 Å². The molecule has 3 rings (SSSR count). The molecule has 0 aliphatic rings. The maximum absolute atomic E-state index is 12.7. The molecule has 1 atom stereocenters. The van der Waals surface area contributed by atoms with E-state index in [0.29, 0.717) is 5.56 Å². The summed E-state index contributed by atoms with van der Waals surface area (Å²) in [4.78, 5) is 18.6. The number of para-hydroxylation sites is 1. The van der Waals surface area contributed by atoms with E-state index in [4.69, 9.17) is 0 Å². The minimum Gasteiger partial charge on any atom is -0.377 e. The quantitative estimate of drug-likeness (QED) is 0.747. The second kappa shape index (κ2) is 7.62. The van der Waals surface area contributed by atoms with Gasteiger partial charge >= 0.3 is 0 Å². The third-order valence-electron chi connectivity index (χ3n) is 4.12. The van der Waals surface area contributed by atoms with Crippen LogP contribution in [0.2, 0.25) is 0 Å². The van der Waals surface area contributed by atoms with Gasteiger partial charge in [-0.1, -0.05) is 48.5 Å². The van der Waals surface area contributed by atoms with E-state index in [2.05, 4.69) is 29.4 Å². The van der Waals surface area contributed by atoms with Crippen molar-refractivity contribution in [2.45, 2.75) is 13.0 Å². The lowest BCUT2D eigenvalue weighted by molar-refractivity contribution is 0.0992. The van der Waals surface area contributed by atoms with E-state index in [-0.39, 0.29) is 11.9 Å². The van der Waals surface area contributed by atoms with Crippen LogP contribution in [-0.2, 0) is 0 Å². The van der Waals surface area contributed by atoms with Crippen LogP contribution in [0.15, 0.2) is 79.1 Å². The van der Waals surface area contributed by atoms with E-state index in [1.54, 1.807) is 24.3 Å². The number of nitrogens with zero attached hydrogens (tertiary/aromatic N) is 2. The third-order valence-corrected chi connectivity index (χ3v) is 4.12. The third kappa shape index (κ3) is 4.04. The van der Waals surface area contributed by atoms with Gasteiger partial charge in [0.2, 0.25) is 0 Å². The number of rotatable bonds is 5. The first kappa shape index (κ1) is 16.7. The Hall–Kier alpha value is -3.14. The van der Waals surface area contributed by atoms with E-state index in [9.17, 15) is 4.79 Å². The first-order valence-corrected chi connectivity index (χ1v) is 8.25. The zero-order valence-electron chi connectivity index (χ0n) is 14.4. The summed E-state index contributed by atoms with van der Waals surface area (Å²) in [5.41, 5.74) is 3.41. The van der Waals surface area contributed by atoms with Gasteiger partial charge in [-0.2, -0.15) is 0 Å². The lowest BCUT2D eigenvalue weighted by atomic mass is 10.1. The summed E-state index contributed by atoms with van der Waals surface area (Å²) in [6, 6.07) is 21.7. The lowest BCUT2D eigenvalue weighted by Gasteiger charge is -2.19. The van der Waals surface area contributed by atoms with Gasteiger partial charge < -0.3 is 10.2 Å². The predicted octanol–water partition coefficient (Wildman–Crippen LogP) is 4.53. The number of amides is 1. The fourth-order valence-electron chi connectivity index (χ4n) is 2.67. The maximum atomic E-state index is 12.7. The summed E-state index contributed by atoms with van der Waals surface area (Å²) in [5, 5.41) is 3.40. The number of hydrogen-bond donors (Lipinski definition) is 1. The zero-order valence-corrected chi connectivity index (χ0v) is 14.4. The van der Waals surface area contributed by atoms with Crippen molar-refractivity contribution in [2.24, 2.45) is 0 Å². The molecule has 1 amide bonds. The fourth-order valence-corrected chi connectivity index (χ4v) is 2.67. The minimum absolute atomic E-state index is 0.0882. The highest BCUT2D eigenvalue weighted by Crippen LogP contribution is 2.20. The van der Waals surface area contributed by atoms with E-state index in [1.165, 1.54) is 5.56 Å². The van der Waals surface area contributed by atoms with Gasteiger partial charge in [0.1, 0.15) is 0 Å². The molecule has 0 fully saturated rings. The van der Waals surface area contributed by atoms with Crippen molar-refractivity contribution in [1.82, 2.24) is 4.98 Å². The zero-order chi connectivity index (χ0) is 17.6. The van der Waals surface area contributed by atoms with Crippen LogP contribution in [0, 0.1) is 0 Å². The summed E-state index contributed by atoms with van der Waals surface area (Å²) in [7, 11) is 1.77. The number of pyridine rings is 1. The summed E-state index contributed by atoms with van der Waals surface area (Å²) < 4.78 is 0. The second-order valence-corrected chi connectivity index (χ2v) is 5.94. The molecule has 0 aliphatic heterocycles. The number of nitrogens with one attached hydrogen (secondary N) is 1. The summed E-state index contributed by atoms with van der Waals surface area (Å²) in [6.07, 6.45) is 3.33. The van der Waals surface area contributed by atoms with Gasteiger partial charge in [-0.25, -0.2) is 0 Å². The average Bonchev–Trinajstić information content (AvgIpc) is 2.68. The van der Waals surface area contributed by atoms with Gasteiger partial charge in [-0.15, -0.1) is 0 Å². The topological polar surface area (TPSA) is 45.2 Å². The number of carbonyl (C=O) groups is 1. The number of aromatic nitrogens is 1. The molecule has 4 heteroatoms. The molecule has 0 saturated heterocycles. The Morgan fingerprint density at radius 3 is 2.32 bits per heavy atom. The molecule has 0 spiro atoms. The molecule has 25 heavy (non-hydrogen) atoms. The van der Waals surface area contributed by atoms with Crippen LogP contribution in [-0.4, -0.2) is 17.9 Å². The van der Waals surface area contributed by atoms with Gasteiger partial charge in [0.25, 0.3) is 5.91 Å². The van der Waals surface area contributed by atoms with Crippen LogP contribution < -0.4 is 10.2 Å². The van der Waals surface area contributed by atoms with Crippen molar-refractivity contribution in [3.05, 3.63) is 90.3 Å². The van der Waals surface area contributed by atoms with E-state index in [0.717, 1.165) is 11.4 Å². The van der Waals surface area contributed by atoms with Crippen LogP contribution in [0.5, 0.6) is 0 Å². The highest BCUT2D eigenvalue weighted by molar-refractivity contribution is 6.05. The highest BCUT2D eigenvalue weighted by atomic mass is 16.2. The smallest absolute Gasteiger partial charge is 0.259 e. The first-order valence-electron chi connectivity index (χ1n) is 8.25. The molecular weight excluding hydrogens is 310 g/mol. The standard InChI is InChI=1S/C21H21N3O/c1-16(17-9-5-3-6-10-17)23-19-13-18(14-22-15-19)21(25)24(2)20-11-7-4-8-12-20/h3-16,23H,1-2H3. The molecule has 0 bridgehead atoms. The van der Waals surface area contributed by atoms with Crippen molar-refractivity contribution in [1.29, 1.82) is 0 Å². The molecule has 1 heterocycles. The normalized spacial score (nSPS) is 11.6. The molecule has 2 aromatic carbocycles. The van der Waals surface area contributed by atoms with Crippen molar-refractivity contribution in [3.63, 3.8) is 0 Å². The number of carbonyl (C=O) groups excluding carboxylic acids is 1. The molecule has 0 radical (unpaired) electrons. The van der Waals surface area contributed by atoms with Gasteiger partial charge in [-0.05, 0) is 30.7 Å². The van der Waals surface area contributed by atoms with Gasteiger partial charge in [-0.3, -0.25) is 9.78 Å². The Morgan fingerprint density at radius 1 is 1.00 bits per heavy atom. The molecule has 0 aliphatic carbocycles. The Bertz CT molecular complexity index is 834. The van der Waals surface area contributed by atoms with E-state index in [1.807, 2.05) is 54.6 Å². The Morgan fingerprint density at radius 2 is 1.64 bits per heavy atom. The number of hydrogen-bond acceptors (Lipinski definition) is 3. The number of benzene rings is 2. The van der Waals surface area contributed by atoms with Crippen LogP contribution in [0.3, 0.4) is 0 Å². The van der Waals surface area contributed by atoms with E-state index >= 15 is 0 Å². The van der Waals surface area contributed by atoms with Gasteiger partial charge in [0, 0.05) is 31.2 Å². The van der Waals surface area contributed by atoms with Crippen molar-refractivity contribution in [2.75, 3.05) is 17.3 Å². The van der Waals surface area contributed by atoms with Crippen molar-refractivity contribution in [3.8, 4) is 0 Å². The van der Waals surface area contributed by atoms with Gasteiger partial charge in [0.15, 0.2) is 0 Å². The monoisotopic (exact) mass is 331 g/mol. The molecule has 126 valence electrons. The van der Waals surface area contributed by atoms with Crippen molar-refractivity contribution >= 4 is 17.3 Å². The molecule has 1 unspecified atom stereocenters. The van der Waals surface area contributed by atoms with E-state index < -0.39 is 0 Å². The Balaban J connectivity index is 1.76. The van der Waals surface area contributed by atoms with Crippen molar-refractivity contribution < 1.29 is 4.79 Å². The SMILES string of the molecule is CC(Nc1cncc(C(=O)N(C)c2ccccc2)c1)c1ccccc1. The average molecular weight is 331 g/mol. The molecule has 4 nitrogen and oxygen atoms in total. The lowest BCUT2D eigenvalue weighted by Crippen LogP contribution is -2.26. The van der Waals surface area contributed by atoms with Crippen LogP contribution >= 0.6 is 0 Å². The fraction of sp³-hybridized carbons (Fsp3) is 0.143. The molecular formula is C21H21N3O. The Kier molecular flexibility index (Phi) is 5.09.